The summed E-state index contributed by atoms with van der Waals surface area (Å²) in [5.74, 6) is 0.909. The molecule has 2 aromatic carbocycles. The molecule has 1 aromatic heterocycles. The standard InChI is InChI=1S/C21H22N2O2S/c1-3-20(24)23(14-13-16-7-5-4-6-8-16)21-22-19(15-26-21)17-9-11-18(25-2)12-10-17/h4-12,15H,3,13-14H2,1-2H3. The van der Waals surface area contributed by atoms with Crippen molar-refractivity contribution in [2.45, 2.75) is 19.8 Å². The Hall–Kier alpha value is -2.66. The Balaban J connectivity index is 1.78. The van der Waals surface area contributed by atoms with E-state index < -0.39 is 0 Å². The average molecular weight is 366 g/mol. The van der Waals surface area contributed by atoms with Crippen molar-refractivity contribution >= 4 is 22.4 Å². The lowest BCUT2D eigenvalue weighted by Crippen LogP contribution is -2.32. The van der Waals surface area contributed by atoms with Gasteiger partial charge < -0.3 is 4.74 Å². The van der Waals surface area contributed by atoms with Crippen LogP contribution in [-0.2, 0) is 11.2 Å². The van der Waals surface area contributed by atoms with Crippen molar-refractivity contribution in [3.05, 3.63) is 65.5 Å². The van der Waals surface area contributed by atoms with Crippen molar-refractivity contribution in [2.75, 3.05) is 18.6 Å². The topological polar surface area (TPSA) is 42.4 Å². The van der Waals surface area contributed by atoms with Gasteiger partial charge in [0.1, 0.15) is 5.75 Å². The Morgan fingerprint density at radius 3 is 2.50 bits per heavy atom. The lowest BCUT2D eigenvalue weighted by Gasteiger charge is -2.19. The van der Waals surface area contributed by atoms with E-state index in [1.165, 1.54) is 16.9 Å². The molecule has 0 N–H and O–H groups in total. The molecular formula is C21H22N2O2S. The number of ether oxygens (including phenoxy) is 1. The van der Waals surface area contributed by atoms with Crippen LogP contribution in [0.2, 0.25) is 0 Å². The van der Waals surface area contributed by atoms with Crippen LogP contribution in [0.3, 0.4) is 0 Å². The van der Waals surface area contributed by atoms with Gasteiger partial charge in [0, 0.05) is 23.9 Å². The summed E-state index contributed by atoms with van der Waals surface area (Å²) >= 11 is 1.50. The number of hydrogen-bond acceptors (Lipinski definition) is 4. The second kappa shape index (κ2) is 8.63. The van der Waals surface area contributed by atoms with Crippen LogP contribution in [0.15, 0.2) is 60.0 Å². The molecule has 4 nitrogen and oxygen atoms in total. The fourth-order valence-electron chi connectivity index (χ4n) is 2.69. The average Bonchev–Trinajstić information content (AvgIpc) is 3.18. The van der Waals surface area contributed by atoms with E-state index in [1.807, 2.05) is 54.8 Å². The Kier molecular flexibility index (Phi) is 6.02. The minimum atomic E-state index is 0.0940. The van der Waals surface area contributed by atoms with Crippen LogP contribution in [0.4, 0.5) is 5.13 Å². The smallest absolute Gasteiger partial charge is 0.228 e. The molecule has 0 aliphatic carbocycles. The van der Waals surface area contributed by atoms with Gasteiger partial charge in [-0.05, 0) is 36.2 Å². The Morgan fingerprint density at radius 1 is 1.12 bits per heavy atom. The maximum Gasteiger partial charge on any atom is 0.228 e. The van der Waals surface area contributed by atoms with Crippen molar-refractivity contribution in [3.8, 4) is 17.0 Å². The second-order valence-electron chi connectivity index (χ2n) is 5.88. The number of carbonyl (C=O) groups is 1. The van der Waals surface area contributed by atoms with Gasteiger partial charge in [0.05, 0.1) is 12.8 Å². The fourth-order valence-corrected chi connectivity index (χ4v) is 3.56. The number of thiazole rings is 1. The zero-order chi connectivity index (χ0) is 18.4. The molecule has 0 aliphatic rings. The molecule has 3 aromatic rings. The molecule has 134 valence electrons. The SMILES string of the molecule is CCC(=O)N(CCc1ccccc1)c1nc(-c2ccc(OC)cc2)cs1. The normalized spacial score (nSPS) is 10.5. The number of amides is 1. The number of anilines is 1. The van der Waals surface area contributed by atoms with E-state index in [0.29, 0.717) is 13.0 Å². The van der Waals surface area contributed by atoms with E-state index in [9.17, 15) is 4.79 Å². The van der Waals surface area contributed by atoms with Crippen molar-refractivity contribution < 1.29 is 9.53 Å². The Labute approximate surface area is 158 Å². The van der Waals surface area contributed by atoms with E-state index in [-0.39, 0.29) is 5.91 Å². The Bertz CT molecular complexity index is 844. The monoisotopic (exact) mass is 366 g/mol. The fraction of sp³-hybridized carbons (Fsp3) is 0.238. The number of rotatable bonds is 7. The summed E-state index contributed by atoms with van der Waals surface area (Å²) in [5.41, 5.74) is 3.11. The van der Waals surface area contributed by atoms with Gasteiger partial charge in [-0.3, -0.25) is 9.69 Å². The predicted octanol–water partition coefficient (Wildman–Crippen LogP) is 4.80. The number of methoxy groups -OCH3 is 1. The van der Waals surface area contributed by atoms with E-state index in [1.54, 1.807) is 12.0 Å². The van der Waals surface area contributed by atoms with Crippen LogP contribution in [0.1, 0.15) is 18.9 Å². The highest BCUT2D eigenvalue weighted by Crippen LogP contribution is 2.29. The minimum Gasteiger partial charge on any atom is -0.497 e. The highest BCUT2D eigenvalue weighted by Gasteiger charge is 2.18. The highest BCUT2D eigenvalue weighted by molar-refractivity contribution is 7.14. The minimum absolute atomic E-state index is 0.0940. The second-order valence-corrected chi connectivity index (χ2v) is 6.71. The molecule has 1 amide bonds. The number of nitrogens with zero attached hydrogens (tertiary/aromatic N) is 2. The van der Waals surface area contributed by atoms with Gasteiger partial charge in [-0.1, -0.05) is 37.3 Å². The molecule has 0 aliphatic heterocycles. The van der Waals surface area contributed by atoms with Crippen molar-refractivity contribution in [3.63, 3.8) is 0 Å². The molecule has 0 spiro atoms. The first-order chi connectivity index (χ1) is 12.7. The zero-order valence-corrected chi connectivity index (χ0v) is 15.8. The van der Waals surface area contributed by atoms with Crippen molar-refractivity contribution in [2.24, 2.45) is 0 Å². The summed E-state index contributed by atoms with van der Waals surface area (Å²) in [4.78, 5) is 18.9. The molecule has 1 heterocycles. The first kappa shape index (κ1) is 18.1. The molecule has 5 heteroatoms. The summed E-state index contributed by atoms with van der Waals surface area (Å²) in [6.45, 7) is 2.52. The molecule has 0 unspecified atom stereocenters. The Morgan fingerprint density at radius 2 is 1.85 bits per heavy atom. The largest absolute Gasteiger partial charge is 0.497 e. The lowest BCUT2D eigenvalue weighted by molar-refractivity contribution is -0.118. The van der Waals surface area contributed by atoms with Crippen LogP contribution < -0.4 is 9.64 Å². The summed E-state index contributed by atoms with van der Waals surface area (Å²) in [5, 5.41) is 2.74. The van der Waals surface area contributed by atoms with E-state index in [2.05, 4.69) is 12.1 Å². The summed E-state index contributed by atoms with van der Waals surface area (Å²) in [7, 11) is 1.65. The predicted molar refractivity (Wildman–Crippen MR) is 107 cm³/mol. The summed E-state index contributed by atoms with van der Waals surface area (Å²) in [6.07, 6.45) is 1.27. The van der Waals surface area contributed by atoms with E-state index in [4.69, 9.17) is 9.72 Å². The number of aromatic nitrogens is 1. The summed E-state index contributed by atoms with van der Waals surface area (Å²) in [6, 6.07) is 18.0. The van der Waals surface area contributed by atoms with Gasteiger partial charge in [0.2, 0.25) is 5.91 Å². The molecule has 0 saturated heterocycles. The first-order valence-electron chi connectivity index (χ1n) is 8.65. The molecule has 0 fully saturated rings. The van der Waals surface area contributed by atoms with Crippen LogP contribution in [-0.4, -0.2) is 24.5 Å². The number of benzene rings is 2. The zero-order valence-electron chi connectivity index (χ0n) is 15.0. The van der Waals surface area contributed by atoms with Gasteiger partial charge in [0.25, 0.3) is 0 Å². The lowest BCUT2D eigenvalue weighted by atomic mass is 10.1. The third kappa shape index (κ3) is 4.29. The quantitative estimate of drug-likeness (QED) is 0.603. The van der Waals surface area contributed by atoms with Crippen molar-refractivity contribution in [1.29, 1.82) is 0 Å². The van der Waals surface area contributed by atoms with Crippen LogP contribution >= 0.6 is 11.3 Å². The van der Waals surface area contributed by atoms with Gasteiger partial charge in [-0.15, -0.1) is 11.3 Å². The van der Waals surface area contributed by atoms with Crippen molar-refractivity contribution in [1.82, 2.24) is 4.98 Å². The van der Waals surface area contributed by atoms with Gasteiger partial charge in [-0.25, -0.2) is 4.98 Å². The van der Waals surface area contributed by atoms with Gasteiger partial charge in [0.15, 0.2) is 5.13 Å². The summed E-state index contributed by atoms with van der Waals surface area (Å²) < 4.78 is 5.20. The molecule has 0 bridgehead atoms. The maximum absolute atomic E-state index is 12.4. The molecule has 0 atom stereocenters. The van der Waals surface area contributed by atoms with Gasteiger partial charge >= 0.3 is 0 Å². The third-order valence-electron chi connectivity index (χ3n) is 4.18. The third-order valence-corrected chi connectivity index (χ3v) is 5.04. The first-order valence-corrected chi connectivity index (χ1v) is 9.53. The van der Waals surface area contributed by atoms with Crippen LogP contribution in [0.5, 0.6) is 5.75 Å². The van der Waals surface area contributed by atoms with Gasteiger partial charge in [-0.2, -0.15) is 0 Å². The molecule has 3 rings (SSSR count). The number of carbonyl (C=O) groups excluding carboxylic acids is 1. The molecule has 26 heavy (non-hydrogen) atoms. The molecule has 0 radical (unpaired) electrons. The highest BCUT2D eigenvalue weighted by atomic mass is 32.1. The number of hydrogen-bond donors (Lipinski definition) is 0. The van der Waals surface area contributed by atoms with Crippen LogP contribution in [0, 0.1) is 0 Å². The van der Waals surface area contributed by atoms with Crippen LogP contribution in [0.25, 0.3) is 11.3 Å². The molecular weight excluding hydrogens is 344 g/mol. The maximum atomic E-state index is 12.4. The van der Waals surface area contributed by atoms with E-state index >= 15 is 0 Å². The molecule has 0 saturated carbocycles. The van der Waals surface area contributed by atoms with E-state index in [0.717, 1.165) is 28.6 Å².